The number of hydrogen-bond acceptors (Lipinski definition) is 4. The van der Waals surface area contributed by atoms with E-state index in [1.165, 1.54) is 16.1 Å². The smallest absolute Gasteiger partial charge is 0.323 e. The molecule has 5 nitrogen and oxygen atoms in total. The predicted molar refractivity (Wildman–Crippen MR) is 100 cm³/mol. The van der Waals surface area contributed by atoms with Gasteiger partial charge in [-0.1, -0.05) is 13.8 Å². The molecule has 1 aliphatic carbocycles. The van der Waals surface area contributed by atoms with Crippen LogP contribution in [0, 0.1) is 0 Å². The van der Waals surface area contributed by atoms with E-state index in [1.54, 1.807) is 11.3 Å². The topological polar surface area (TPSA) is 58.1 Å². The first-order valence-corrected chi connectivity index (χ1v) is 9.80. The van der Waals surface area contributed by atoms with Crippen molar-refractivity contribution in [2.45, 2.75) is 50.9 Å². The van der Waals surface area contributed by atoms with E-state index in [0.717, 1.165) is 43.9 Å². The molecule has 2 aliphatic rings. The number of aromatic nitrogens is 2. The Bertz CT molecular complexity index is 763. The zero-order chi connectivity index (χ0) is 17.4. The molecule has 2 aromatic rings. The van der Waals surface area contributed by atoms with Crippen LogP contribution in [0.1, 0.15) is 55.2 Å². The largest absolute Gasteiger partial charge is 0.324 e. The monoisotopic (exact) mass is 356 g/mol. The second-order valence-corrected chi connectivity index (χ2v) is 8.73. The summed E-state index contributed by atoms with van der Waals surface area (Å²) in [6.07, 6.45) is 7.91. The number of urea groups is 1. The molecule has 0 spiro atoms. The van der Waals surface area contributed by atoms with Crippen LogP contribution in [0.25, 0.3) is 0 Å². The normalized spacial score (nSPS) is 19.7. The van der Waals surface area contributed by atoms with Crippen LogP contribution in [-0.2, 0) is 11.8 Å². The maximum Gasteiger partial charge on any atom is 0.323 e. The van der Waals surface area contributed by atoms with Crippen molar-refractivity contribution in [1.82, 2.24) is 14.9 Å². The van der Waals surface area contributed by atoms with Crippen LogP contribution >= 0.6 is 11.3 Å². The van der Waals surface area contributed by atoms with Crippen LogP contribution in [0.4, 0.5) is 9.93 Å². The molecular formula is C19H24N4OS. The van der Waals surface area contributed by atoms with Gasteiger partial charge in [-0.15, -0.1) is 11.3 Å². The molecule has 0 aromatic carbocycles. The quantitative estimate of drug-likeness (QED) is 0.878. The fraction of sp³-hybridized carbons (Fsp3) is 0.526. The minimum Gasteiger partial charge on any atom is -0.324 e. The number of likely N-dealkylation sites (tertiary alicyclic amines) is 1. The van der Waals surface area contributed by atoms with Crippen LogP contribution in [-0.4, -0.2) is 34.0 Å². The number of nitrogens with one attached hydrogen (secondary N) is 1. The molecular weight excluding hydrogens is 332 g/mol. The van der Waals surface area contributed by atoms with Crippen LogP contribution < -0.4 is 5.32 Å². The second-order valence-electron chi connectivity index (χ2n) is 7.65. The Balaban J connectivity index is 1.36. The molecule has 132 valence electrons. The highest BCUT2D eigenvalue weighted by Gasteiger charge is 2.34. The molecule has 0 radical (unpaired) electrons. The number of aryl methyl sites for hydroxylation is 1. The van der Waals surface area contributed by atoms with Gasteiger partial charge < -0.3 is 4.90 Å². The standard InChI is InChI=1S/C19H24N4OS/c1-19(2)8-3-15-16(19)21-17(25-15)22-18(24)23-11-6-14(7-12-23)13-4-9-20-10-5-13/h4-5,9-10,14H,3,6-8,11-12H2,1-2H3,(H,21,22,24). The SMILES string of the molecule is CC1(C)CCc2sc(NC(=O)N3CCC(c4ccncc4)CC3)nc21. The molecule has 6 heteroatoms. The van der Waals surface area contributed by atoms with Crippen LogP contribution in [0.3, 0.4) is 0 Å². The first kappa shape index (κ1) is 16.5. The molecule has 1 aliphatic heterocycles. The number of amides is 2. The van der Waals surface area contributed by atoms with Gasteiger partial charge in [0, 0.05) is 35.8 Å². The lowest BCUT2D eigenvalue weighted by molar-refractivity contribution is 0.194. The van der Waals surface area contributed by atoms with Crippen molar-refractivity contribution < 1.29 is 4.79 Å². The van der Waals surface area contributed by atoms with Gasteiger partial charge in [0.25, 0.3) is 0 Å². The molecule has 0 unspecified atom stereocenters. The van der Waals surface area contributed by atoms with Gasteiger partial charge in [-0.2, -0.15) is 0 Å². The first-order chi connectivity index (χ1) is 12.0. The van der Waals surface area contributed by atoms with Crippen molar-refractivity contribution in [2.75, 3.05) is 18.4 Å². The Kier molecular flexibility index (Phi) is 4.23. The van der Waals surface area contributed by atoms with Crippen molar-refractivity contribution >= 4 is 22.5 Å². The molecule has 0 saturated carbocycles. The molecule has 0 bridgehead atoms. The van der Waals surface area contributed by atoms with E-state index in [1.807, 2.05) is 17.3 Å². The summed E-state index contributed by atoms with van der Waals surface area (Å²) in [4.78, 5) is 24.6. The average molecular weight is 356 g/mol. The van der Waals surface area contributed by atoms with E-state index in [-0.39, 0.29) is 11.4 Å². The number of carbonyl (C=O) groups is 1. The summed E-state index contributed by atoms with van der Waals surface area (Å²) >= 11 is 1.64. The number of carbonyl (C=O) groups excluding carboxylic acids is 1. The van der Waals surface area contributed by atoms with Gasteiger partial charge in [0.1, 0.15) is 0 Å². The number of nitrogens with zero attached hydrogens (tertiary/aromatic N) is 3. The zero-order valence-electron chi connectivity index (χ0n) is 14.8. The van der Waals surface area contributed by atoms with Gasteiger partial charge in [0.15, 0.2) is 5.13 Å². The maximum absolute atomic E-state index is 12.6. The number of rotatable bonds is 2. The van der Waals surface area contributed by atoms with Crippen LogP contribution in [0.2, 0.25) is 0 Å². The fourth-order valence-corrected chi connectivity index (χ4v) is 5.00. The van der Waals surface area contributed by atoms with Gasteiger partial charge >= 0.3 is 6.03 Å². The molecule has 2 amide bonds. The third-order valence-electron chi connectivity index (χ3n) is 5.49. The molecule has 3 heterocycles. The summed E-state index contributed by atoms with van der Waals surface area (Å²) in [5, 5.41) is 3.77. The molecule has 4 rings (SSSR count). The highest BCUT2D eigenvalue weighted by atomic mass is 32.1. The van der Waals surface area contributed by atoms with Crippen molar-refractivity contribution in [3.05, 3.63) is 40.7 Å². The number of pyridine rings is 1. The Morgan fingerprint density at radius 3 is 2.68 bits per heavy atom. The zero-order valence-corrected chi connectivity index (χ0v) is 15.6. The number of piperidine rings is 1. The lowest BCUT2D eigenvalue weighted by atomic mass is 9.90. The number of fused-ring (bicyclic) bond motifs is 1. The summed E-state index contributed by atoms with van der Waals surface area (Å²) in [6.45, 7) is 6.03. The molecule has 1 saturated heterocycles. The number of thiazole rings is 1. The lowest BCUT2D eigenvalue weighted by Crippen LogP contribution is -2.40. The minimum absolute atomic E-state index is 0.0154. The Hall–Kier alpha value is -1.95. The highest BCUT2D eigenvalue weighted by Crippen LogP contribution is 2.42. The van der Waals surface area contributed by atoms with Gasteiger partial charge in [-0.25, -0.2) is 9.78 Å². The van der Waals surface area contributed by atoms with Gasteiger partial charge in [0.05, 0.1) is 5.69 Å². The molecule has 2 aromatic heterocycles. The van der Waals surface area contributed by atoms with Crippen molar-refractivity contribution in [3.8, 4) is 0 Å². The summed E-state index contributed by atoms with van der Waals surface area (Å²) in [5.41, 5.74) is 2.63. The van der Waals surface area contributed by atoms with Gasteiger partial charge in [0.2, 0.25) is 0 Å². The Labute approximate surface area is 152 Å². The second kappa shape index (κ2) is 6.41. The maximum atomic E-state index is 12.6. The summed E-state index contributed by atoms with van der Waals surface area (Å²) in [7, 11) is 0. The fourth-order valence-electron chi connectivity index (χ4n) is 3.87. The Morgan fingerprint density at radius 1 is 1.28 bits per heavy atom. The minimum atomic E-state index is -0.0154. The average Bonchev–Trinajstić information content (AvgIpc) is 3.16. The highest BCUT2D eigenvalue weighted by molar-refractivity contribution is 7.16. The van der Waals surface area contributed by atoms with E-state index >= 15 is 0 Å². The predicted octanol–water partition coefficient (Wildman–Crippen LogP) is 4.17. The molecule has 0 atom stereocenters. The van der Waals surface area contributed by atoms with E-state index in [0.29, 0.717) is 5.92 Å². The Morgan fingerprint density at radius 2 is 2.00 bits per heavy atom. The summed E-state index contributed by atoms with van der Waals surface area (Å²) in [6, 6.07) is 4.15. The molecule has 25 heavy (non-hydrogen) atoms. The van der Waals surface area contributed by atoms with Crippen molar-refractivity contribution in [2.24, 2.45) is 0 Å². The summed E-state index contributed by atoms with van der Waals surface area (Å²) < 4.78 is 0. The van der Waals surface area contributed by atoms with Gasteiger partial charge in [-0.3, -0.25) is 10.3 Å². The van der Waals surface area contributed by atoms with E-state index in [2.05, 4.69) is 36.3 Å². The van der Waals surface area contributed by atoms with Gasteiger partial charge in [-0.05, 0) is 49.3 Å². The first-order valence-electron chi connectivity index (χ1n) is 8.99. The van der Waals surface area contributed by atoms with Crippen molar-refractivity contribution in [3.63, 3.8) is 0 Å². The third kappa shape index (κ3) is 3.27. The molecule has 1 N–H and O–H groups in total. The summed E-state index contributed by atoms with van der Waals surface area (Å²) in [5.74, 6) is 0.525. The van der Waals surface area contributed by atoms with Crippen molar-refractivity contribution in [1.29, 1.82) is 0 Å². The third-order valence-corrected chi connectivity index (χ3v) is 6.52. The number of anilines is 1. The van der Waals surface area contributed by atoms with E-state index in [9.17, 15) is 4.79 Å². The van der Waals surface area contributed by atoms with Crippen LogP contribution in [0.5, 0.6) is 0 Å². The lowest BCUT2D eigenvalue weighted by Gasteiger charge is -2.32. The van der Waals surface area contributed by atoms with E-state index in [4.69, 9.17) is 4.98 Å². The number of hydrogen-bond donors (Lipinski definition) is 1. The van der Waals surface area contributed by atoms with E-state index < -0.39 is 0 Å². The molecule has 1 fully saturated rings. The van der Waals surface area contributed by atoms with Crippen LogP contribution in [0.15, 0.2) is 24.5 Å².